The maximum Gasteiger partial charge on any atom is 0.266 e. The first-order valence-electron chi connectivity index (χ1n) is 9.29. The van der Waals surface area contributed by atoms with Crippen molar-refractivity contribution < 1.29 is 5.11 Å². The zero-order chi connectivity index (χ0) is 20.1. The molecular formula is C23H25ClN2O2S. The molecule has 2 aromatic carbocycles. The minimum absolute atomic E-state index is 0. The molecule has 4 nitrogen and oxygen atoms in total. The number of benzene rings is 2. The average molecular weight is 429 g/mol. The minimum atomic E-state index is -0.0880. The number of phenols is 1. The molecule has 0 saturated heterocycles. The highest BCUT2D eigenvalue weighted by Crippen LogP contribution is 2.40. The van der Waals surface area contributed by atoms with Crippen LogP contribution in [0.1, 0.15) is 19.4 Å². The molecule has 0 bridgehead atoms. The molecule has 0 unspecified atom stereocenters. The number of aromatic amines is 1. The molecule has 0 aliphatic carbocycles. The lowest BCUT2D eigenvalue weighted by atomic mass is 9.83. The van der Waals surface area contributed by atoms with Crippen LogP contribution < -0.4 is 5.56 Å². The molecule has 0 aliphatic heterocycles. The molecule has 2 aromatic heterocycles. The standard InChI is InChI=1S/C23H24N2O2S.ClH/c1-23(2,13-25(3)4)15-7-5-14(6-8-15)19-18(26)10-9-17-20(19)16-11-12-28-21(16)22(27)24-17;/h5-12,26H,13H2,1-4H3,(H,24,27);1H. The SMILES string of the molecule is CN(C)CC(C)(C)c1ccc(-c2c(O)ccc3[nH]c(=O)c4sccc4c23)cc1.Cl. The topological polar surface area (TPSA) is 56.3 Å². The number of halogens is 1. The molecule has 0 saturated carbocycles. The molecule has 0 spiro atoms. The monoisotopic (exact) mass is 428 g/mol. The van der Waals surface area contributed by atoms with E-state index in [4.69, 9.17) is 0 Å². The van der Waals surface area contributed by atoms with Gasteiger partial charge in [0.2, 0.25) is 0 Å². The first kappa shape index (κ1) is 21.4. The molecule has 6 heteroatoms. The van der Waals surface area contributed by atoms with Crippen LogP contribution in [0.4, 0.5) is 0 Å². The van der Waals surface area contributed by atoms with Crippen LogP contribution in [0, 0.1) is 0 Å². The third-order valence-electron chi connectivity index (χ3n) is 5.24. The molecule has 152 valence electrons. The fourth-order valence-corrected chi connectivity index (χ4v) is 4.89. The Balaban J connectivity index is 0.00000240. The Kier molecular flexibility index (Phi) is 5.77. The van der Waals surface area contributed by atoms with Crippen LogP contribution in [0.5, 0.6) is 5.75 Å². The maximum atomic E-state index is 12.3. The molecule has 0 amide bonds. The molecule has 2 heterocycles. The lowest BCUT2D eigenvalue weighted by Gasteiger charge is -2.29. The smallest absolute Gasteiger partial charge is 0.266 e. The summed E-state index contributed by atoms with van der Waals surface area (Å²) < 4.78 is 0.683. The normalized spacial score (nSPS) is 11.9. The number of hydrogen-bond donors (Lipinski definition) is 2. The van der Waals surface area contributed by atoms with Crippen LogP contribution in [0.3, 0.4) is 0 Å². The molecular weight excluding hydrogens is 404 g/mol. The number of aromatic nitrogens is 1. The molecule has 4 rings (SSSR count). The van der Waals surface area contributed by atoms with Gasteiger partial charge in [-0.25, -0.2) is 0 Å². The first-order chi connectivity index (χ1) is 13.3. The lowest BCUT2D eigenvalue weighted by Crippen LogP contribution is -2.32. The van der Waals surface area contributed by atoms with Crippen molar-refractivity contribution in [1.29, 1.82) is 0 Å². The molecule has 4 aromatic rings. The Hall–Kier alpha value is -2.34. The van der Waals surface area contributed by atoms with E-state index < -0.39 is 0 Å². The Morgan fingerprint density at radius 2 is 1.76 bits per heavy atom. The second-order valence-electron chi connectivity index (χ2n) is 8.20. The van der Waals surface area contributed by atoms with Crippen molar-refractivity contribution in [2.24, 2.45) is 0 Å². The Morgan fingerprint density at radius 1 is 1.07 bits per heavy atom. The summed E-state index contributed by atoms with van der Waals surface area (Å²) in [5.74, 6) is 0.215. The van der Waals surface area contributed by atoms with Gasteiger partial charge >= 0.3 is 0 Å². The highest BCUT2D eigenvalue weighted by molar-refractivity contribution is 7.17. The van der Waals surface area contributed by atoms with Gasteiger partial charge in [0.15, 0.2) is 0 Å². The van der Waals surface area contributed by atoms with Gasteiger partial charge in [-0.05, 0) is 48.8 Å². The Bertz CT molecular complexity index is 1220. The Labute approximate surface area is 180 Å². The predicted molar refractivity (Wildman–Crippen MR) is 126 cm³/mol. The van der Waals surface area contributed by atoms with E-state index in [0.29, 0.717) is 4.70 Å². The van der Waals surface area contributed by atoms with Crippen LogP contribution in [-0.2, 0) is 5.41 Å². The fraction of sp³-hybridized carbons (Fsp3) is 0.261. The van der Waals surface area contributed by atoms with Crippen molar-refractivity contribution in [3.63, 3.8) is 0 Å². The number of hydrogen-bond acceptors (Lipinski definition) is 4. The zero-order valence-corrected chi connectivity index (χ0v) is 18.6. The summed E-state index contributed by atoms with van der Waals surface area (Å²) >= 11 is 1.42. The van der Waals surface area contributed by atoms with Gasteiger partial charge in [0.05, 0.1) is 0 Å². The zero-order valence-electron chi connectivity index (χ0n) is 16.9. The number of nitrogens with zero attached hydrogens (tertiary/aromatic N) is 1. The number of thiophene rings is 1. The second-order valence-corrected chi connectivity index (χ2v) is 9.11. The van der Waals surface area contributed by atoms with Crippen LogP contribution in [0.15, 0.2) is 52.6 Å². The molecule has 2 N–H and O–H groups in total. The van der Waals surface area contributed by atoms with Crippen molar-refractivity contribution >= 4 is 44.7 Å². The van der Waals surface area contributed by atoms with Crippen molar-refractivity contribution in [1.82, 2.24) is 9.88 Å². The second kappa shape index (κ2) is 7.82. The van der Waals surface area contributed by atoms with Gasteiger partial charge in [0.1, 0.15) is 10.4 Å². The Morgan fingerprint density at radius 3 is 2.41 bits per heavy atom. The highest BCUT2D eigenvalue weighted by Gasteiger charge is 2.22. The van der Waals surface area contributed by atoms with Crippen LogP contribution in [-0.4, -0.2) is 35.6 Å². The van der Waals surface area contributed by atoms with Gasteiger partial charge in [-0.2, -0.15) is 0 Å². The number of phenolic OH excluding ortho intramolecular Hbond substituents is 1. The highest BCUT2D eigenvalue weighted by atomic mass is 35.5. The fourth-order valence-electron chi connectivity index (χ4n) is 4.10. The van der Waals surface area contributed by atoms with Gasteiger partial charge in [-0.3, -0.25) is 4.79 Å². The van der Waals surface area contributed by atoms with Gasteiger partial charge in [0.25, 0.3) is 5.56 Å². The van der Waals surface area contributed by atoms with Gasteiger partial charge in [-0.15, -0.1) is 23.7 Å². The third-order valence-corrected chi connectivity index (χ3v) is 6.15. The number of aromatic hydroxyl groups is 1. The summed E-state index contributed by atoms with van der Waals surface area (Å²) in [4.78, 5) is 17.5. The minimum Gasteiger partial charge on any atom is -0.507 e. The molecule has 0 aliphatic rings. The van der Waals surface area contributed by atoms with Gasteiger partial charge < -0.3 is 15.0 Å². The van der Waals surface area contributed by atoms with Gasteiger partial charge in [0, 0.05) is 33.8 Å². The van der Waals surface area contributed by atoms with E-state index in [9.17, 15) is 9.90 Å². The van der Waals surface area contributed by atoms with E-state index in [1.165, 1.54) is 16.9 Å². The molecule has 0 radical (unpaired) electrons. The largest absolute Gasteiger partial charge is 0.507 e. The van der Waals surface area contributed by atoms with E-state index in [0.717, 1.165) is 34.0 Å². The summed E-state index contributed by atoms with van der Waals surface area (Å²) in [7, 11) is 4.16. The number of likely N-dealkylation sites (N-methyl/N-ethyl adjacent to an activating group) is 1. The van der Waals surface area contributed by atoms with E-state index in [-0.39, 0.29) is 29.1 Å². The van der Waals surface area contributed by atoms with Crippen molar-refractivity contribution in [3.8, 4) is 16.9 Å². The van der Waals surface area contributed by atoms with Crippen LogP contribution >= 0.6 is 23.7 Å². The van der Waals surface area contributed by atoms with Crippen molar-refractivity contribution in [2.75, 3.05) is 20.6 Å². The summed E-state index contributed by atoms with van der Waals surface area (Å²) in [6.45, 7) is 5.41. The maximum absolute atomic E-state index is 12.3. The molecule has 29 heavy (non-hydrogen) atoms. The van der Waals surface area contributed by atoms with E-state index in [1.807, 2.05) is 11.4 Å². The van der Waals surface area contributed by atoms with Gasteiger partial charge in [-0.1, -0.05) is 38.1 Å². The quantitative estimate of drug-likeness (QED) is 0.459. The number of fused-ring (bicyclic) bond motifs is 3. The van der Waals surface area contributed by atoms with E-state index in [1.54, 1.807) is 12.1 Å². The van der Waals surface area contributed by atoms with Crippen molar-refractivity contribution in [3.05, 3.63) is 63.8 Å². The number of H-pyrrole nitrogens is 1. The molecule has 0 atom stereocenters. The summed E-state index contributed by atoms with van der Waals surface area (Å²) in [5.41, 5.74) is 3.62. The number of rotatable bonds is 4. The van der Waals surface area contributed by atoms with Crippen molar-refractivity contribution in [2.45, 2.75) is 19.3 Å². The number of pyridine rings is 1. The predicted octanol–water partition coefficient (Wildman–Crippen LogP) is 5.38. The summed E-state index contributed by atoms with van der Waals surface area (Å²) in [6, 6.07) is 13.8. The van der Waals surface area contributed by atoms with E-state index >= 15 is 0 Å². The summed E-state index contributed by atoms with van der Waals surface area (Å²) in [5, 5.41) is 14.4. The lowest BCUT2D eigenvalue weighted by molar-refractivity contribution is 0.315. The first-order valence-corrected chi connectivity index (χ1v) is 10.2. The van der Waals surface area contributed by atoms with Crippen LogP contribution in [0.2, 0.25) is 0 Å². The summed E-state index contributed by atoms with van der Waals surface area (Å²) in [6.07, 6.45) is 0. The molecule has 0 fully saturated rings. The van der Waals surface area contributed by atoms with E-state index in [2.05, 4.69) is 62.1 Å². The number of nitrogens with one attached hydrogen (secondary N) is 1. The third kappa shape index (κ3) is 3.78. The average Bonchev–Trinajstić information content (AvgIpc) is 3.12. The van der Waals surface area contributed by atoms with Crippen LogP contribution in [0.25, 0.3) is 32.1 Å².